The predicted molar refractivity (Wildman–Crippen MR) is 94.0 cm³/mol. The van der Waals surface area contributed by atoms with Crippen molar-refractivity contribution in [1.82, 2.24) is 0 Å². The van der Waals surface area contributed by atoms with Gasteiger partial charge in [0.05, 0.1) is 15.7 Å². The van der Waals surface area contributed by atoms with E-state index in [1.807, 2.05) is 12.1 Å². The number of carbonyl (C=O) groups excluding carboxylic acids is 1. The molecular weight excluding hydrogens is 319 g/mol. The Bertz CT molecular complexity index is 681. The zero-order valence-electron chi connectivity index (χ0n) is 12.7. The maximum absolute atomic E-state index is 12.3. The van der Waals surface area contributed by atoms with E-state index in [2.05, 4.69) is 26.1 Å². The lowest BCUT2D eigenvalue weighted by molar-refractivity contribution is 0.102. The summed E-state index contributed by atoms with van der Waals surface area (Å²) in [5.41, 5.74) is 8.20. The molecule has 0 bridgehead atoms. The fourth-order valence-electron chi connectivity index (χ4n) is 2.02. The molecule has 0 atom stereocenters. The van der Waals surface area contributed by atoms with Crippen molar-refractivity contribution in [3.8, 4) is 0 Å². The average Bonchev–Trinajstić information content (AvgIpc) is 2.41. The molecule has 5 heteroatoms. The molecule has 0 saturated heterocycles. The van der Waals surface area contributed by atoms with Crippen molar-refractivity contribution in [1.29, 1.82) is 0 Å². The van der Waals surface area contributed by atoms with Crippen molar-refractivity contribution in [2.75, 3.05) is 11.1 Å². The van der Waals surface area contributed by atoms with E-state index in [1.54, 1.807) is 24.3 Å². The number of hydrogen-bond acceptors (Lipinski definition) is 2. The highest BCUT2D eigenvalue weighted by molar-refractivity contribution is 6.40. The lowest BCUT2D eigenvalue weighted by atomic mass is 9.87. The quantitative estimate of drug-likeness (QED) is 0.747. The highest BCUT2D eigenvalue weighted by atomic mass is 35.5. The molecule has 2 rings (SSSR count). The van der Waals surface area contributed by atoms with Gasteiger partial charge in [0.15, 0.2) is 0 Å². The van der Waals surface area contributed by atoms with Gasteiger partial charge in [0.25, 0.3) is 5.91 Å². The Morgan fingerprint density at radius 2 is 1.55 bits per heavy atom. The number of nitrogens with one attached hydrogen (secondary N) is 1. The Kier molecular flexibility index (Phi) is 4.69. The lowest BCUT2D eigenvalue weighted by Crippen LogP contribution is -2.14. The molecule has 3 nitrogen and oxygen atoms in total. The molecule has 116 valence electrons. The highest BCUT2D eigenvalue weighted by Gasteiger charge is 2.16. The van der Waals surface area contributed by atoms with Gasteiger partial charge in [0.2, 0.25) is 0 Å². The first-order valence-corrected chi connectivity index (χ1v) is 7.60. The summed E-state index contributed by atoms with van der Waals surface area (Å²) in [5, 5.41) is 3.34. The van der Waals surface area contributed by atoms with Crippen LogP contribution in [0, 0.1) is 0 Å². The zero-order chi connectivity index (χ0) is 16.5. The van der Waals surface area contributed by atoms with Crippen molar-refractivity contribution in [2.45, 2.75) is 26.2 Å². The second-order valence-corrected chi connectivity index (χ2v) is 6.96. The van der Waals surface area contributed by atoms with Crippen LogP contribution in [0.3, 0.4) is 0 Å². The minimum atomic E-state index is -0.269. The van der Waals surface area contributed by atoms with E-state index >= 15 is 0 Å². The number of hydrogen-bond donors (Lipinski definition) is 2. The smallest absolute Gasteiger partial charge is 0.255 e. The number of nitrogen functional groups attached to an aromatic ring is 1. The fourth-order valence-corrected chi connectivity index (χ4v) is 2.62. The van der Waals surface area contributed by atoms with E-state index in [1.165, 1.54) is 0 Å². The average molecular weight is 337 g/mol. The Labute approximate surface area is 140 Å². The van der Waals surface area contributed by atoms with Gasteiger partial charge in [-0.1, -0.05) is 56.1 Å². The largest absolute Gasteiger partial charge is 0.399 e. The van der Waals surface area contributed by atoms with Crippen LogP contribution in [0.1, 0.15) is 36.7 Å². The molecule has 0 heterocycles. The summed E-state index contributed by atoms with van der Waals surface area (Å²) in [6.45, 7) is 6.36. The fraction of sp³-hybridized carbons (Fsp3) is 0.235. The summed E-state index contributed by atoms with van der Waals surface area (Å²) in [6.07, 6.45) is 0. The Balaban J connectivity index is 2.23. The van der Waals surface area contributed by atoms with Gasteiger partial charge in [-0.05, 0) is 35.2 Å². The Hall–Kier alpha value is -1.71. The van der Waals surface area contributed by atoms with Crippen molar-refractivity contribution in [3.63, 3.8) is 0 Å². The van der Waals surface area contributed by atoms with Gasteiger partial charge in [0.1, 0.15) is 0 Å². The molecule has 0 aliphatic heterocycles. The molecule has 2 aromatic carbocycles. The number of halogens is 2. The van der Waals surface area contributed by atoms with Gasteiger partial charge >= 0.3 is 0 Å². The van der Waals surface area contributed by atoms with E-state index in [0.717, 1.165) is 5.56 Å². The van der Waals surface area contributed by atoms with Gasteiger partial charge in [-0.3, -0.25) is 4.79 Å². The molecule has 1 amide bonds. The molecule has 2 aromatic rings. The van der Waals surface area contributed by atoms with Crippen LogP contribution in [0.15, 0.2) is 36.4 Å². The van der Waals surface area contributed by atoms with Crippen LogP contribution in [0.2, 0.25) is 10.0 Å². The summed E-state index contributed by atoms with van der Waals surface area (Å²) in [7, 11) is 0. The molecule has 0 saturated carbocycles. The summed E-state index contributed by atoms with van der Waals surface area (Å²) in [6, 6.07) is 10.6. The number of nitrogens with two attached hydrogens (primary N) is 1. The number of benzene rings is 2. The summed E-state index contributed by atoms with van der Waals surface area (Å²) in [5.74, 6) is -0.269. The lowest BCUT2D eigenvalue weighted by Gasteiger charge is -2.19. The number of carbonyl (C=O) groups is 1. The normalized spacial score (nSPS) is 11.3. The minimum Gasteiger partial charge on any atom is -0.399 e. The molecule has 3 N–H and O–H groups in total. The first-order chi connectivity index (χ1) is 10.2. The molecule has 0 spiro atoms. The van der Waals surface area contributed by atoms with Crippen LogP contribution in [-0.2, 0) is 5.41 Å². The Morgan fingerprint density at radius 3 is 2.00 bits per heavy atom. The number of amides is 1. The van der Waals surface area contributed by atoms with Crippen LogP contribution >= 0.6 is 23.2 Å². The third kappa shape index (κ3) is 3.73. The standard InChI is InChI=1S/C17H18Cl2N2O/c1-17(2,3)11-6-4-10(5-7-11)16(22)21-15-13(18)8-12(20)9-14(15)19/h4-9H,20H2,1-3H3,(H,21,22). The summed E-state index contributed by atoms with van der Waals surface area (Å²) in [4.78, 5) is 12.3. The monoisotopic (exact) mass is 336 g/mol. The van der Waals surface area contributed by atoms with Crippen LogP contribution in [0.5, 0.6) is 0 Å². The number of anilines is 2. The second kappa shape index (κ2) is 6.19. The van der Waals surface area contributed by atoms with Gasteiger partial charge in [-0.2, -0.15) is 0 Å². The van der Waals surface area contributed by atoms with Crippen LogP contribution in [-0.4, -0.2) is 5.91 Å². The van der Waals surface area contributed by atoms with E-state index in [-0.39, 0.29) is 11.3 Å². The van der Waals surface area contributed by atoms with Gasteiger partial charge in [-0.15, -0.1) is 0 Å². The second-order valence-electron chi connectivity index (χ2n) is 6.14. The molecule has 0 aliphatic carbocycles. The minimum absolute atomic E-state index is 0.0403. The zero-order valence-corrected chi connectivity index (χ0v) is 14.2. The van der Waals surface area contributed by atoms with Gasteiger partial charge < -0.3 is 11.1 Å². The molecule has 0 aliphatic rings. The summed E-state index contributed by atoms with van der Waals surface area (Å²) >= 11 is 12.1. The molecule has 0 fully saturated rings. The van der Waals surface area contributed by atoms with E-state index in [4.69, 9.17) is 28.9 Å². The maximum atomic E-state index is 12.3. The molecule has 0 aromatic heterocycles. The third-order valence-electron chi connectivity index (χ3n) is 3.32. The molecule has 22 heavy (non-hydrogen) atoms. The van der Waals surface area contributed by atoms with Crippen LogP contribution in [0.4, 0.5) is 11.4 Å². The first kappa shape index (κ1) is 16.7. The molecule has 0 unspecified atom stereocenters. The van der Waals surface area contributed by atoms with Crippen molar-refractivity contribution in [2.24, 2.45) is 0 Å². The number of rotatable bonds is 2. The maximum Gasteiger partial charge on any atom is 0.255 e. The topological polar surface area (TPSA) is 55.1 Å². The van der Waals surface area contributed by atoms with Gasteiger partial charge in [0, 0.05) is 11.3 Å². The van der Waals surface area contributed by atoms with E-state index in [9.17, 15) is 4.79 Å². The van der Waals surface area contributed by atoms with Crippen LogP contribution < -0.4 is 11.1 Å². The molecular formula is C17H18Cl2N2O. The summed E-state index contributed by atoms with van der Waals surface area (Å²) < 4.78 is 0. The van der Waals surface area contributed by atoms with Crippen molar-refractivity contribution in [3.05, 3.63) is 57.6 Å². The Morgan fingerprint density at radius 1 is 1.05 bits per heavy atom. The van der Waals surface area contributed by atoms with E-state index < -0.39 is 0 Å². The van der Waals surface area contributed by atoms with Gasteiger partial charge in [-0.25, -0.2) is 0 Å². The SMILES string of the molecule is CC(C)(C)c1ccc(C(=O)Nc2c(Cl)cc(N)cc2Cl)cc1. The van der Waals surface area contributed by atoms with Crippen molar-refractivity contribution < 1.29 is 4.79 Å². The van der Waals surface area contributed by atoms with E-state index in [0.29, 0.717) is 27.0 Å². The van der Waals surface area contributed by atoms with Crippen LogP contribution in [0.25, 0.3) is 0 Å². The first-order valence-electron chi connectivity index (χ1n) is 6.85. The predicted octanol–water partition coefficient (Wildman–Crippen LogP) is 5.13. The highest BCUT2D eigenvalue weighted by Crippen LogP contribution is 2.33. The van der Waals surface area contributed by atoms with Crippen molar-refractivity contribution >= 4 is 40.5 Å². The molecule has 0 radical (unpaired) electrons. The third-order valence-corrected chi connectivity index (χ3v) is 3.91.